The molecule has 17 heavy (non-hydrogen) atoms. The molecule has 0 aromatic rings. The molecule has 1 saturated heterocycles. The lowest BCUT2D eigenvalue weighted by atomic mass is 9.75. The minimum Gasteiger partial charge on any atom is -0.463 e. The molecule has 0 bridgehead atoms. The zero-order valence-electron chi connectivity index (χ0n) is 10.3. The molecule has 100 valence electrons. The monoisotopic (exact) mass is 254 g/mol. The summed E-state index contributed by atoms with van der Waals surface area (Å²) in [7, 11) is 0. The minimum atomic E-state index is -4.37. The van der Waals surface area contributed by atoms with Crippen molar-refractivity contribution in [2.45, 2.75) is 46.1 Å². The number of ether oxygens (including phenoxy) is 2. The van der Waals surface area contributed by atoms with Gasteiger partial charge in [0.15, 0.2) is 6.10 Å². The Morgan fingerprint density at radius 1 is 1.41 bits per heavy atom. The van der Waals surface area contributed by atoms with Gasteiger partial charge >= 0.3 is 12.1 Å². The van der Waals surface area contributed by atoms with Gasteiger partial charge in [-0.15, -0.1) is 0 Å². The predicted octanol–water partition coefficient (Wildman–Crippen LogP) is 2.54. The Hall–Kier alpha value is -0.780. The molecule has 0 aromatic carbocycles. The third kappa shape index (κ3) is 2.91. The van der Waals surface area contributed by atoms with Crippen LogP contribution in [0.25, 0.3) is 0 Å². The average molecular weight is 254 g/mol. The molecule has 0 N–H and O–H groups in total. The van der Waals surface area contributed by atoms with E-state index in [0.29, 0.717) is 0 Å². The van der Waals surface area contributed by atoms with E-state index in [-0.39, 0.29) is 12.5 Å². The molecule has 0 amide bonds. The molecule has 1 rings (SSSR count). The smallest absolute Gasteiger partial charge is 0.415 e. The number of carbonyl (C=O) groups excluding carboxylic acids is 1. The topological polar surface area (TPSA) is 35.5 Å². The van der Waals surface area contributed by atoms with Gasteiger partial charge in [-0.2, -0.15) is 13.2 Å². The zero-order chi connectivity index (χ0) is 13.4. The quantitative estimate of drug-likeness (QED) is 0.726. The lowest BCUT2D eigenvalue weighted by Crippen LogP contribution is -2.63. The fourth-order valence-electron chi connectivity index (χ4n) is 1.69. The maximum Gasteiger partial charge on any atom is 0.415 e. The minimum absolute atomic E-state index is 0.128. The van der Waals surface area contributed by atoms with Gasteiger partial charge < -0.3 is 9.47 Å². The van der Waals surface area contributed by atoms with E-state index in [2.05, 4.69) is 0 Å². The first-order valence-electron chi connectivity index (χ1n) is 5.45. The Kier molecular flexibility index (Phi) is 3.76. The third-order valence-electron chi connectivity index (χ3n) is 2.95. The van der Waals surface area contributed by atoms with E-state index in [1.807, 2.05) is 0 Å². The molecule has 6 heteroatoms. The van der Waals surface area contributed by atoms with E-state index in [1.165, 1.54) is 13.8 Å². The normalized spacial score (nSPS) is 27.8. The van der Waals surface area contributed by atoms with Gasteiger partial charge in [-0.3, -0.25) is 4.79 Å². The van der Waals surface area contributed by atoms with Gasteiger partial charge in [-0.25, -0.2) is 0 Å². The zero-order valence-corrected chi connectivity index (χ0v) is 10.3. The van der Waals surface area contributed by atoms with Gasteiger partial charge in [-0.1, -0.05) is 27.7 Å². The molecule has 0 aromatic heterocycles. The van der Waals surface area contributed by atoms with Crippen molar-refractivity contribution >= 4 is 5.97 Å². The summed E-state index contributed by atoms with van der Waals surface area (Å²) in [6, 6.07) is 0. The lowest BCUT2D eigenvalue weighted by Gasteiger charge is -2.51. The number of hydrogen-bond acceptors (Lipinski definition) is 3. The molecule has 1 heterocycles. The van der Waals surface area contributed by atoms with Gasteiger partial charge in [0.1, 0.15) is 12.7 Å². The van der Waals surface area contributed by atoms with Gasteiger partial charge in [0.25, 0.3) is 0 Å². The Balaban J connectivity index is 2.48. The van der Waals surface area contributed by atoms with E-state index < -0.39 is 29.8 Å². The summed E-state index contributed by atoms with van der Waals surface area (Å²) in [6.07, 6.45) is -6.85. The van der Waals surface area contributed by atoms with Gasteiger partial charge in [0.2, 0.25) is 0 Å². The molecule has 1 fully saturated rings. The molecule has 1 aliphatic rings. The summed E-state index contributed by atoms with van der Waals surface area (Å²) < 4.78 is 47.0. The van der Waals surface area contributed by atoms with E-state index in [1.54, 1.807) is 13.8 Å². The molecule has 1 aliphatic heterocycles. The highest BCUT2D eigenvalue weighted by Gasteiger charge is 2.62. The molecule has 0 spiro atoms. The van der Waals surface area contributed by atoms with Crippen molar-refractivity contribution in [2.75, 3.05) is 6.61 Å². The van der Waals surface area contributed by atoms with Crippen molar-refractivity contribution in [2.24, 2.45) is 11.3 Å². The van der Waals surface area contributed by atoms with Crippen molar-refractivity contribution in [3.63, 3.8) is 0 Å². The van der Waals surface area contributed by atoms with E-state index in [0.717, 1.165) is 0 Å². The number of rotatable bonds is 3. The molecule has 0 radical (unpaired) electrons. The highest BCUT2D eigenvalue weighted by Crippen LogP contribution is 2.48. The average Bonchev–Trinajstić information content (AvgIpc) is 2.13. The number of alkyl halides is 3. The fourth-order valence-corrected chi connectivity index (χ4v) is 1.69. The van der Waals surface area contributed by atoms with Crippen molar-refractivity contribution < 1.29 is 27.4 Å². The third-order valence-corrected chi connectivity index (χ3v) is 2.95. The van der Waals surface area contributed by atoms with Gasteiger partial charge in [0, 0.05) is 5.41 Å². The van der Waals surface area contributed by atoms with Crippen LogP contribution in [0.15, 0.2) is 0 Å². The second kappa shape index (κ2) is 4.48. The number of hydrogen-bond donors (Lipinski definition) is 0. The first-order valence-corrected chi connectivity index (χ1v) is 5.45. The number of esters is 1. The Labute approximate surface area is 98.3 Å². The number of halogens is 3. The number of carbonyl (C=O) groups is 1. The van der Waals surface area contributed by atoms with Crippen LogP contribution in [0.4, 0.5) is 13.2 Å². The highest BCUT2D eigenvalue weighted by atomic mass is 19.4. The molecular formula is C11H17F3O3. The first kappa shape index (κ1) is 14.3. The summed E-state index contributed by atoms with van der Waals surface area (Å²) >= 11 is 0. The van der Waals surface area contributed by atoms with Crippen LogP contribution in [0.2, 0.25) is 0 Å². The Morgan fingerprint density at radius 2 is 1.94 bits per heavy atom. The van der Waals surface area contributed by atoms with Crippen LogP contribution in [-0.2, 0) is 14.3 Å². The molecule has 3 nitrogen and oxygen atoms in total. The maximum absolute atomic E-state index is 12.5. The highest BCUT2D eigenvalue weighted by molar-refractivity contribution is 5.71. The largest absolute Gasteiger partial charge is 0.463 e. The van der Waals surface area contributed by atoms with E-state index in [4.69, 9.17) is 9.47 Å². The Morgan fingerprint density at radius 3 is 2.29 bits per heavy atom. The maximum atomic E-state index is 12.5. The van der Waals surface area contributed by atoms with Crippen LogP contribution in [0.5, 0.6) is 0 Å². The summed E-state index contributed by atoms with van der Waals surface area (Å²) in [6.45, 7) is 6.11. The second-order valence-electron chi connectivity index (χ2n) is 5.15. The summed E-state index contributed by atoms with van der Waals surface area (Å²) in [4.78, 5) is 11.2. The van der Waals surface area contributed by atoms with Crippen LogP contribution in [0.3, 0.4) is 0 Å². The van der Waals surface area contributed by atoms with Crippen molar-refractivity contribution in [3.8, 4) is 0 Å². The predicted molar refractivity (Wildman–Crippen MR) is 54.3 cm³/mol. The SMILES string of the molecule is CC(C)C(=O)OCC1OC(C(F)(F)F)C1(C)C. The summed E-state index contributed by atoms with van der Waals surface area (Å²) in [5.41, 5.74) is -1.06. The van der Waals surface area contributed by atoms with Gasteiger partial charge in [-0.05, 0) is 0 Å². The molecular weight excluding hydrogens is 237 g/mol. The van der Waals surface area contributed by atoms with Crippen molar-refractivity contribution in [3.05, 3.63) is 0 Å². The van der Waals surface area contributed by atoms with Crippen molar-refractivity contribution in [1.82, 2.24) is 0 Å². The van der Waals surface area contributed by atoms with E-state index >= 15 is 0 Å². The summed E-state index contributed by atoms with van der Waals surface area (Å²) in [5.74, 6) is -0.725. The van der Waals surface area contributed by atoms with Crippen LogP contribution < -0.4 is 0 Å². The van der Waals surface area contributed by atoms with Crippen LogP contribution >= 0.6 is 0 Å². The molecule has 2 atom stereocenters. The van der Waals surface area contributed by atoms with E-state index in [9.17, 15) is 18.0 Å². The lowest BCUT2D eigenvalue weighted by molar-refractivity contribution is -0.352. The first-order chi connectivity index (χ1) is 7.56. The molecule has 0 saturated carbocycles. The fraction of sp³-hybridized carbons (Fsp3) is 0.909. The van der Waals surface area contributed by atoms with Crippen molar-refractivity contribution in [1.29, 1.82) is 0 Å². The van der Waals surface area contributed by atoms with Crippen LogP contribution in [-0.4, -0.2) is 31.0 Å². The molecule has 2 unspecified atom stereocenters. The van der Waals surface area contributed by atoms with Gasteiger partial charge in [0.05, 0.1) is 5.92 Å². The molecule has 0 aliphatic carbocycles. The second-order valence-corrected chi connectivity index (χ2v) is 5.15. The van der Waals surface area contributed by atoms with Crippen LogP contribution in [0, 0.1) is 11.3 Å². The van der Waals surface area contributed by atoms with Crippen LogP contribution in [0.1, 0.15) is 27.7 Å². The standard InChI is InChI=1S/C11H17F3O3/c1-6(2)8(15)16-5-7-10(3,4)9(17-7)11(12,13)14/h6-7,9H,5H2,1-4H3. The summed E-state index contributed by atoms with van der Waals surface area (Å²) in [5, 5.41) is 0. The Bertz CT molecular complexity index is 297.